The molecule has 0 heterocycles. The molecule has 1 rings (SSSR count). The van der Waals surface area contributed by atoms with Gasteiger partial charge >= 0.3 is 11.9 Å². The van der Waals surface area contributed by atoms with Crippen molar-refractivity contribution >= 4 is 29.6 Å². The van der Waals surface area contributed by atoms with Gasteiger partial charge in [-0.25, -0.2) is 9.59 Å². The van der Waals surface area contributed by atoms with Crippen LogP contribution in [-0.2, 0) is 9.53 Å². The van der Waals surface area contributed by atoms with E-state index in [1.807, 2.05) is 0 Å². The summed E-state index contributed by atoms with van der Waals surface area (Å²) in [6, 6.07) is 4.23. The Morgan fingerprint density at radius 1 is 1.44 bits per heavy atom. The predicted molar refractivity (Wildman–Crippen MR) is 59.5 cm³/mol. The average Bonchev–Trinajstić information content (AvgIpc) is 2.27. The number of methoxy groups -OCH3 is 1. The van der Waals surface area contributed by atoms with E-state index >= 15 is 0 Å². The van der Waals surface area contributed by atoms with E-state index in [1.165, 1.54) is 37.5 Å². The highest BCUT2D eigenvalue weighted by atomic mass is 35.5. The maximum atomic E-state index is 10.8. The standard InChI is InChI=1S/C11H9ClO4/c1-16-10(13)5-3-7-6-8(11(14)15)2-4-9(7)12/h2-6H,1H3,(H,14,15). The molecule has 0 atom stereocenters. The molecule has 1 aromatic rings. The molecular formula is C11H9ClO4. The van der Waals surface area contributed by atoms with Crippen molar-refractivity contribution in [2.45, 2.75) is 0 Å². The van der Waals surface area contributed by atoms with Gasteiger partial charge in [0.15, 0.2) is 0 Å². The van der Waals surface area contributed by atoms with Crippen LogP contribution in [0.25, 0.3) is 6.08 Å². The third-order valence-electron chi connectivity index (χ3n) is 1.84. The van der Waals surface area contributed by atoms with Crippen molar-refractivity contribution in [1.29, 1.82) is 0 Å². The number of carboxylic acid groups (broad SMARTS) is 1. The smallest absolute Gasteiger partial charge is 0.335 e. The van der Waals surface area contributed by atoms with E-state index in [-0.39, 0.29) is 5.56 Å². The fraction of sp³-hybridized carbons (Fsp3) is 0.0909. The number of carbonyl (C=O) groups excluding carboxylic acids is 1. The van der Waals surface area contributed by atoms with E-state index in [9.17, 15) is 9.59 Å². The summed E-state index contributed by atoms with van der Waals surface area (Å²) >= 11 is 5.83. The van der Waals surface area contributed by atoms with Gasteiger partial charge in [-0.05, 0) is 29.8 Å². The van der Waals surface area contributed by atoms with Gasteiger partial charge in [-0.3, -0.25) is 0 Å². The highest BCUT2D eigenvalue weighted by Gasteiger charge is 2.05. The maximum absolute atomic E-state index is 10.8. The van der Waals surface area contributed by atoms with Gasteiger partial charge in [0.2, 0.25) is 0 Å². The fourth-order valence-corrected chi connectivity index (χ4v) is 1.21. The van der Waals surface area contributed by atoms with Crippen LogP contribution in [0.1, 0.15) is 15.9 Å². The molecule has 0 aliphatic rings. The summed E-state index contributed by atoms with van der Waals surface area (Å²) in [5.74, 6) is -1.58. The zero-order valence-corrected chi connectivity index (χ0v) is 9.19. The molecule has 0 fully saturated rings. The minimum absolute atomic E-state index is 0.105. The predicted octanol–water partition coefficient (Wildman–Crippen LogP) is 2.22. The van der Waals surface area contributed by atoms with Crippen molar-refractivity contribution < 1.29 is 19.4 Å². The van der Waals surface area contributed by atoms with Crippen LogP contribution in [0.3, 0.4) is 0 Å². The van der Waals surface area contributed by atoms with Gasteiger partial charge in [-0.15, -0.1) is 0 Å². The normalized spacial score (nSPS) is 10.4. The van der Waals surface area contributed by atoms with Crippen molar-refractivity contribution in [3.8, 4) is 0 Å². The first kappa shape index (κ1) is 12.3. The number of carboxylic acids is 1. The second-order valence-electron chi connectivity index (χ2n) is 2.90. The lowest BCUT2D eigenvalue weighted by Crippen LogP contribution is -1.97. The number of esters is 1. The first-order valence-electron chi connectivity index (χ1n) is 4.33. The molecule has 0 aliphatic heterocycles. The monoisotopic (exact) mass is 240 g/mol. The Morgan fingerprint density at radius 2 is 2.12 bits per heavy atom. The van der Waals surface area contributed by atoms with E-state index in [0.29, 0.717) is 10.6 Å². The first-order valence-corrected chi connectivity index (χ1v) is 4.71. The minimum atomic E-state index is -1.05. The number of rotatable bonds is 3. The highest BCUT2D eigenvalue weighted by molar-refractivity contribution is 6.32. The number of carbonyl (C=O) groups is 2. The topological polar surface area (TPSA) is 63.6 Å². The number of ether oxygens (including phenoxy) is 1. The maximum Gasteiger partial charge on any atom is 0.335 e. The van der Waals surface area contributed by atoms with Crippen LogP contribution in [-0.4, -0.2) is 24.2 Å². The van der Waals surface area contributed by atoms with Crippen LogP contribution in [0.2, 0.25) is 5.02 Å². The molecule has 0 amide bonds. The van der Waals surface area contributed by atoms with Crippen LogP contribution in [0, 0.1) is 0 Å². The van der Waals surface area contributed by atoms with Crippen LogP contribution in [0.5, 0.6) is 0 Å². The van der Waals surface area contributed by atoms with Gasteiger partial charge in [0, 0.05) is 11.1 Å². The van der Waals surface area contributed by atoms with Gasteiger partial charge in [-0.1, -0.05) is 11.6 Å². The Bertz CT molecular complexity index is 451. The molecule has 0 bridgehead atoms. The van der Waals surface area contributed by atoms with Gasteiger partial charge in [0.05, 0.1) is 12.7 Å². The summed E-state index contributed by atoms with van der Waals surface area (Å²) in [5, 5.41) is 9.13. The molecule has 0 aliphatic carbocycles. The lowest BCUT2D eigenvalue weighted by atomic mass is 10.1. The third kappa shape index (κ3) is 3.10. The molecule has 84 valence electrons. The molecule has 1 aromatic carbocycles. The number of aromatic carboxylic acids is 1. The van der Waals surface area contributed by atoms with E-state index < -0.39 is 11.9 Å². The number of hydrogen-bond donors (Lipinski definition) is 1. The second-order valence-corrected chi connectivity index (χ2v) is 3.31. The number of hydrogen-bond acceptors (Lipinski definition) is 3. The Morgan fingerprint density at radius 3 is 2.69 bits per heavy atom. The van der Waals surface area contributed by atoms with Crippen molar-refractivity contribution in [3.05, 3.63) is 40.4 Å². The summed E-state index contributed by atoms with van der Waals surface area (Å²) in [6.45, 7) is 0. The van der Waals surface area contributed by atoms with Crippen molar-refractivity contribution in [2.75, 3.05) is 7.11 Å². The van der Waals surface area contributed by atoms with Gasteiger partial charge in [-0.2, -0.15) is 0 Å². The molecule has 4 nitrogen and oxygen atoms in total. The molecule has 0 unspecified atom stereocenters. The number of halogens is 1. The van der Waals surface area contributed by atoms with Crippen molar-refractivity contribution in [2.24, 2.45) is 0 Å². The molecule has 16 heavy (non-hydrogen) atoms. The van der Waals surface area contributed by atoms with Crippen LogP contribution < -0.4 is 0 Å². The first-order chi connectivity index (χ1) is 7.54. The zero-order chi connectivity index (χ0) is 12.1. The Hall–Kier alpha value is -1.81. The molecule has 0 saturated carbocycles. The molecule has 0 radical (unpaired) electrons. The van der Waals surface area contributed by atoms with Crippen LogP contribution in [0.15, 0.2) is 24.3 Å². The van der Waals surface area contributed by atoms with E-state index in [0.717, 1.165) is 0 Å². The largest absolute Gasteiger partial charge is 0.478 e. The Kier molecular flexibility index (Phi) is 4.08. The van der Waals surface area contributed by atoms with Crippen LogP contribution in [0.4, 0.5) is 0 Å². The van der Waals surface area contributed by atoms with E-state index in [4.69, 9.17) is 16.7 Å². The summed E-state index contributed by atoms with van der Waals surface area (Å²) in [7, 11) is 1.25. The average molecular weight is 241 g/mol. The van der Waals surface area contributed by atoms with Gasteiger partial charge in [0.1, 0.15) is 0 Å². The summed E-state index contributed by atoms with van der Waals surface area (Å²) in [6.07, 6.45) is 2.58. The number of benzene rings is 1. The molecule has 0 saturated heterocycles. The summed E-state index contributed by atoms with van der Waals surface area (Å²) in [4.78, 5) is 21.5. The van der Waals surface area contributed by atoms with Crippen LogP contribution >= 0.6 is 11.6 Å². The minimum Gasteiger partial charge on any atom is -0.478 e. The van der Waals surface area contributed by atoms with E-state index in [2.05, 4.69) is 4.74 Å². The van der Waals surface area contributed by atoms with Gasteiger partial charge < -0.3 is 9.84 Å². The zero-order valence-electron chi connectivity index (χ0n) is 8.44. The fourth-order valence-electron chi connectivity index (χ4n) is 1.03. The SMILES string of the molecule is COC(=O)C=Cc1cc(C(=O)O)ccc1Cl. The molecule has 0 aromatic heterocycles. The molecule has 0 spiro atoms. The Balaban J connectivity index is 3.03. The highest BCUT2D eigenvalue weighted by Crippen LogP contribution is 2.19. The third-order valence-corrected chi connectivity index (χ3v) is 2.19. The molecule has 5 heteroatoms. The lowest BCUT2D eigenvalue weighted by Gasteiger charge is -2.00. The quantitative estimate of drug-likeness (QED) is 0.650. The molecule has 1 N–H and O–H groups in total. The summed E-state index contributed by atoms with van der Waals surface area (Å²) < 4.78 is 4.40. The van der Waals surface area contributed by atoms with E-state index in [1.54, 1.807) is 0 Å². The molecular weight excluding hydrogens is 232 g/mol. The summed E-state index contributed by atoms with van der Waals surface area (Å²) in [5.41, 5.74) is 0.556. The Labute approximate surface area is 97.1 Å². The van der Waals surface area contributed by atoms with Crippen molar-refractivity contribution in [3.63, 3.8) is 0 Å². The second kappa shape index (κ2) is 5.32. The van der Waals surface area contributed by atoms with Gasteiger partial charge in [0.25, 0.3) is 0 Å². The lowest BCUT2D eigenvalue weighted by molar-refractivity contribution is -0.134. The van der Waals surface area contributed by atoms with Crippen molar-refractivity contribution in [1.82, 2.24) is 0 Å².